The minimum Gasteiger partial charge on any atom is -0.493 e. The van der Waals surface area contributed by atoms with E-state index in [2.05, 4.69) is 5.32 Å². The van der Waals surface area contributed by atoms with Gasteiger partial charge in [0.05, 0.1) is 13.2 Å². The molecule has 6 heteroatoms. The number of aliphatic hydroxyl groups excluding tert-OH is 1. The SMILES string of the molecule is COc1cc(CNCC(C)O)c(Cl)cc1OCc1ccc(F)cc1. The number of hydrogen-bond donors (Lipinski definition) is 2. The van der Waals surface area contributed by atoms with Crippen molar-refractivity contribution in [3.8, 4) is 11.5 Å². The van der Waals surface area contributed by atoms with Crippen molar-refractivity contribution in [3.63, 3.8) is 0 Å². The van der Waals surface area contributed by atoms with Crippen LogP contribution in [0.15, 0.2) is 36.4 Å². The molecule has 2 aromatic rings. The molecule has 2 N–H and O–H groups in total. The Hall–Kier alpha value is -1.82. The molecule has 2 aromatic carbocycles. The van der Waals surface area contributed by atoms with Crippen molar-refractivity contribution in [1.82, 2.24) is 5.32 Å². The van der Waals surface area contributed by atoms with Gasteiger partial charge in [-0.2, -0.15) is 0 Å². The highest BCUT2D eigenvalue weighted by atomic mass is 35.5. The molecule has 0 aliphatic heterocycles. The highest BCUT2D eigenvalue weighted by molar-refractivity contribution is 6.31. The van der Waals surface area contributed by atoms with Crippen molar-refractivity contribution in [2.24, 2.45) is 0 Å². The molecule has 0 saturated carbocycles. The first-order valence-electron chi connectivity index (χ1n) is 7.62. The zero-order valence-corrected chi connectivity index (χ0v) is 14.4. The van der Waals surface area contributed by atoms with Crippen LogP contribution < -0.4 is 14.8 Å². The van der Waals surface area contributed by atoms with Crippen LogP contribution in [0.1, 0.15) is 18.1 Å². The number of halogens is 2. The molecule has 0 aromatic heterocycles. The monoisotopic (exact) mass is 353 g/mol. The number of benzene rings is 2. The van der Waals surface area contributed by atoms with Gasteiger partial charge in [-0.05, 0) is 36.2 Å². The van der Waals surface area contributed by atoms with E-state index in [0.717, 1.165) is 11.1 Å². The van der Waals surface area contributed by atoms with E-state index in [1.54, 1.807) is 38.3 Å². The zero-order valence-electron chi connectivity index (χ0n) is 13.7. The van der Waals surface area contributed by atoms with E-state index in [1.165, 1.54) is 12.1 Å². The molecular weight excluding hydrogens is 333 g/mol. The van der Waals surface area contributed by atoms with Crippen LogP contribution in [0, 0.1) is 5.82 Å². The summed E-state index contributed by atoms with van der Waals surface area (Å²) in [5, 5.41) is 12.9. The summed E-state index contributed by atoms with van der Waals surface area (Å²) in [7, 11) is 1.56. The molecule has 2 rings (SSSR count). The van der Waals surface area contributed by atoms with Gasteiger partial charge in [0.15, 0.2) is 11.5 Å². The Balaban J connectivity index is 2.06. The van der Waals surface area contributed by atoms with Gasteiger partial charge in [0.1, 0.15) is 12.4 Å². The molecule has 130 valence electrons. The Bertz CT molecular complexity index is 662. The lowest BCUT2D eigenvalue weighted by Gasteiger charge is -2.15. The predicted octanol–water partition coefficient (Wildman–Crippen LogP) is 3.54. The van der Waals surface area contributed by atoms with Crippen LogP contribution in [0.3, 0.4) is 0 Å². The molecule has 0 aliphatic carbocycles. The Labute approximate surface area is 146 Å². The molecule has 0 fully saturated rings. The molecule has 0 aliphatic rings. The van der Waals surface area contributed by atoms with Crippen molar-refractivity contribution in [3.05, 3.63) is 58.4 Å². The van der Waals surface area contributed by atoms with Crippen LogP contribution in [-0.4, -0.2) is 24.9 Å². The van der Waals surface area contributed by atoms with E-state index in [9.17, 15) is 9.50 Å². The number of ether oxygens (including phenoxy) is 2. The Morgan fingerprint density at radius 1 is 1.21 bits per heavy atom. The third-order valence-electron chi connectivity index (χ3n) is 3.40. The summed E-state index contributed by atoms with van der Waals surface area (Å²) in [5.74, 6) is 0.801. The molecule has 0 bridgehead atoms. The lowest BCUT2D eigenvalue weighted by molar-refractivity contribution is 0.191. The van der Waals surface area contributed by atoms with Crippen LogP contribution >= 0.6 is 11.6 Å². The maximum absolute atomic E-state index is 12.9. The topological polar surface area (TPSA) is 50.7 Å². The third-order valence-corrected chi connectivity index (χ3v) is 3.75. The molecule has 0 spiro atoms. The number of methoxy groups -OCH3 is 1. The van der Waals surface area contributed by atoms with Gasteiger partial charge < -0.3 is 19.9 Å². The summed E-state index contributed by atoms with van der Waals surface area (Å²) in [6.45, 7) is 2.98. The van der Waals surface area contributed by atoms with Crippen molar-refractivity contribution in [2.45, 2.75) is 26.2 Å². The largest absolute Gasteiger partial charge is 0.493 e. The minimum absolute atomic E-state index is 0.284. The van der Waals surface area contributed by atoms with Gasteiger partial charge >= 0.3 is 0 Å². The fourth-order valence-corrected chi connectivity index (χ4v) is 2.36. The predicted molar refractivity (Wildman–Crippen MR) is 92.1 cm³/mol. The van der Waals surface area contributed by atoms with Gasteiger partial charge in [-0.15, -0.1) is 0 Å². The van der Waals surface area contributed by atoms with Crippen LogP contribution in [0.2, 0.25) is 5.02 Å². The maximum atomic E-state index is 12.9. The van der Waals surface area contributed by atoms with Crippen molar-refractivity contribution >= 4 is 11.6 Å². The zero-order chi connectivity index (χ0) is 17.5. The average Bonchev–Trinajstić information content (AvgIpc) is 2.55. The number of rotatable bonds is 8. The molecule has 0 amide bonds. The quantitative estimate of drug-likeness (QED) is 0.762. The van der Waals surface area contributed by atoms with Crippen molar-refractivity contribution in [2.75, 3.05) is 13.7 Å². The summed E-state index contributed by atoms with van der Waals surface area (Å²) in [4.78, 5) is 0. The molecule has 0 heterocycles. The fourth-order valence-electron chi connectivity index (χ4n) is 2.14. The normalized spacial score (nSPS) is 12.0. The Kier molecular flexibility index (Phi) is 6.85. The summed E-state index contributed by atoms with van der Waals surface area (Å²) >= 11 is 6.29. The van der Waals surface area contributed by atoms with Crippen molar-refractivity contribution < 1.29 is 19.0 Å². The smallest absolute Gasteiger partial charge is 0.163 e. The van der Waals surface area contributed by atoms with Gasteiger partial charge in [0.2, 0.25) is 0 Å². The second-order valence-corrected chi connectivity index (χ2v) is 5.90. The van der Waals surface area contributed by atoms with E-state index in [0.29, 0.717) is 29.6 Å². The molecule has 24 heavy (non-hydrogen) atoms. The first kappa shape index (κ1) is 18.5. The van der Waals surface area contributed by atoms with Crippen LogP contribution in [0.4, 0.5) is 4.39 Å². The van der Waals surface area contributed by atoms with Crippen LogP contribution in [0.25, 0.3) is 0 Å². The van der Waals surface area contributed by atoms with Gasteiger partial charge in [0.25, 0.3) is 0 Å². The first-order valence-corrected chi connectivity index (χ1v) is 8.00. The van der Waals surface area contributed by atoms with E-state index in [1.807, 2.05) is 0 Å². The van der Waals surface area contributed by atoms with Crippen LogP contribution in [-0.2, 0) is 13.2 Å². The van der Waals surface area contributed by atoms with Crippen LogP contribution in [0.5, 0.6) is 11.5 Å². The van der Waals surface area contributed by atoms with E-state index >= 15 is 0 Å². The Morgan fingerprint density at radius 3 is 2.54 bits per heavy atom. The fraction of sp³-hybridized carbons (Fsp3) is 0.333. The highest BCUT2D eigenvalue weighted by Gasteiger charge is 2.11. The number of hydrogen-bond acceptors (Lipinski definition) is 4. The van der Waals surface area contributed by atoms with Gasteiger partial charge in [-0.25, -0.2) is 4.39 Å². The molecular formula is C18H21ClFNO3. The summed E-state index contributed by atoms with van der Waals surface area (Å²) in [6.07, 6.45) is -0.427. The second kappa shape index (κ2) is 8.87. The van der Waals surface area contributed by atoms with Gasteiger partial charge in [0, 0.05) is 24.2 Å². The van der Waals surface area contributed by atoms with Gasteiger partial charge in [-0.1, -0.05) is 23.7 Å². The average molecular weight is 354 g/mol. The van der Waals surface area contributed by atoms with E-state index < -0.39 is 6.10 Å². The molecule has 0 radical (unpaired) electrons. The lowest BCUT2D eigenvalue weighted by Crippen LogP contribution is -2.24. The second-order valence-electron chi connectivity index (χ2n) is 5.49. The van der Waals surface area contributed by atoms with Gasteiger partial charge in [-0.3, -0.25) is 0 Å². The first-order chi connectivity index (χ1) is 11.5. The van der Waals surface area contributed by atoms with E-state index in [-0.39, 0.29) is 12.4 Å². The number of nitrogens with one attached hydrogen (secondary N) is 1. The Morgan fingerprint density at radius 2 is 1.92 bits per heavy atom. The van der Waals surface area contributed by atoms with E-state index in [4.69, 9.17) is 21.1 Å². The van der Waals surface area contributed by atoms with Crippen molar-refractivity contribution in [1.29, 1.82) is 0 Å². The summed E-state index contributed by atoms with van der Waals surface area (Å²) in [6, 6.07) is 9.61. The minimum atomic E-state index is -0.427. The molecule has 1 atom stereocenters. The molecule has 0 saturated heterocycles. The molecule has 1 unspecified atom stereocenters. The summed E-state index contributed by atoms with van der Waals surface area (Å²) < 4.78 is 24.0. The third kappa shape index (κ3) is 5.37. The maximum Gasteiger partial charge on any atom is 0.163 e. The molecule has 4 nitrogen and oxygen atoms in total. The highest BCUT2D eigenvalue weighted by Crippen LogP contribution is 2.34. The lowest BCUT2D eigenvalue weighted by atomic mass is 10.2. The number of aliphatic hydroxyl groups is 1. The standard InChI is InChI=1S/C18H21ClFNO3/c1-12(22)9-21-10-14-7-17(23-2)18(8-16(14)19)24-11-13-3-5-15(20)6-4-13/h3-8,12,21-22H,9-11H2,1-2H3. The summed E-state index contributed by atoms with van der Waals surface area (Å²) in [5.41, 5.74) is 1.69.